The van der Waals surface area contributed by atoms with Gasteiger partial charge in [-0.2, -0.15) is 0 Å². The van der Waals surface area contributed by atoms with Crippen LogP contribution >= 0.6 is 0 Å². The molecule has 2 rings (SSSR count). The van der Waals surface area contributed by atoms with E-state index < -0.39 is 0 Å². The predicted molar refractivity (Wildman–Crippen MR) is 74.4 cm³/mol. The molecule has 1 fully saturated rings. The minimum absolute atomic E-state index is 0.827. The van der Waals surface area contributed by atoms with Crippen LogP contribution in [0, 0.1) is 6.92 Å². The molecule has 0 aliphatic heterocycles. The van der Waals surface area contributed by atoms with Crippen molar-refractivity contribution in [2.75, 3.05) is 30.7 Å². The Balaban J connectivity index is 1.82. The van der Waals surface area contributed by atoms with Crippen molar-refractivity contribution in [3.63, 3.8) is 0 Å². The first-order valence-electron chi connectivity index (χ1n) is 6.54. The highest BCUT2D eigenvalue weighted by Gasteiger charge is 2.27. The number of nitrogens with one attached hydrogen (secondary N) is 1. The van der Waals surface area contributed by atoms with Crippen LogP contribution in [0.25, 0.3) is 0 Å². The fraction of sp³-hybridized carbons (Fsp3) is 0.571. The summed E-state index contributed by atoms with van der Waals surface area (Å²) >= 11 is 0. The molecule has 0 unspecified atom stereocenters. The Kier molecular flexibility index (Phi) is 3.89. The van der Waals surface area contributed by atoms with E-state index in [9.17, 15) is 0 Å². The zero-order chi connectivity index (χ0) is 12.3. The third-order valence-electron chi connectivity index (χ3n) is 3.45. The zero-order valence-electron chi connectivity index (χ0n) is 10.9. The summed E-state index contributed by atoms with van der Waals surface area (Å²) in [6.07, 6.45) is 2.76. The van der Waals surface area contributed by atoms with Gasteiger partial charge in [-0.1, -0.05) is 13.0 Å². The van der Waals surface area contributed by atoms with Crippen LogP contribution in [0.1, 0.15) is 25.3 Å². The second-order valence-corrected chi connectivity index (χ2v) is 4.86. The lowest BCUT2D eigenvalue weighted by Gasteiger charge is -2.20. The topological polar surface area (TPSA) is 41.3 Å². The molecule has 0 spiro atoms. The maximum absolute atomic E-state index is 5.79. The van der Waals surface area contributed by atoms with Crippen molar-refractivity contribution in [1.82, 2.24) is 4.90 Å². The first-order valence-corrected chi connectivity index (χ1v) is 6.54. The van der Waals surface area contributed by atoms with Gasteiger partial charge in [-0.25, -0.2) is 0 Å². The average molecular weight is 233 g/mol. The number of rotatable bonds is 6. The summed E-state index contributed by atoms with van der Waals surface area (Å²) in [4.78, 5) is 2.55. The lowest BCUT2D eigenvalue weighted by molar-refractivity contribution is 0.289. The number of nitrogen functional groups attached to an aromatic ring is 1. The second-order valence-electron chi connectivity index (χ2n) is 4.86. The molecule has 0 aromatic heterocycles. The predicted octanol–water partition coefficient (Wildman–Crippen LogP) is 2.47. The number of hydrogen-bond donors (Lipinski definition) is 2. The van der Waals surface area contributed by atoms with Crippen LogP contribution < -0.4 is 11.1 Å². The van der Waals surface area contributed by atoms with Crippen LogP contribution in [-0.2, 0) is 0 Å². The van der Waals surface area contributed by atoms with Crippen LogP contribution in [0.5, 0.6) is 0 Å². The van der Waals surface area contributed by atoms with Crippen molar-refractivity contribution in [3.05, 3.63) is 23.8 Å². The van der Waals surface area contributed by atoms with Gasteiger partial charge < -0.3 is 11.1 Å². The third-order valence-corrected chi connectivity index (χ3v) is 3.45. The van der Waals surface area contributed by atoms with Crippen LogP contribution in [-0.4, -0.2) is 30.6 Å². The summed E-state index contributed by atoms with van der Waals surface area (Å²) in [5.41, 5.74) is 9.04. The largest absolute Gasteiger partial charge is 0.399 e. The van der Waals surface area contributed by atoms with E-state index in [1.54, 1.807) is 0 Å². The van der Waals surface area contributed by atoms with E-state index in [0.29, 0.717) is 0 Å². The molecule has 1 aromatic rings. The molecule has 1 saturated carbocycles. The Morgan fingerprint density at radius 1 is 1.41 bits per heavy atom. The summed E-state index contributed by atoms with van der Waals surface area (Å²) in [6.45, 7) is 7.62. The number of nitrogens with zero attached hydrogens (tertiary/aromatic N) is 1. The molecule has 0 radical (unpaired) electrons. The van der Waals surface area contributed by atoms with Crippen molar-refractivity contribution >= 4 is 11.4 Å². The van der Waals surface area contributed by atoms with Crippen LogP contribution in [0.3, 0.4) is 0 Å². The minimum Gasteiger partial charge on any atom is -0.399 e. The molecule has 0 amide bonds. The van der Waals surface area contributed by atoms with Crippen molar-refractivity contribution in [1.29, 1.82) is 0 Å². The molecule has 3 N–H and O–H groups in total. The standard InChI is InChI=1S/C14H23N3/c1-3-17(13-6-7-13)9-8-16-14-10-12(15)5-4-11(14)2/h4-5,10,13,16H,3,6-9,15H2,1-2H3. The maximum Gasteiger partial charge on any atom is 0.0390 e. The van der Waals surface area contributed by atoms with E-state index >= 15 is 0 Å². The van der Waals surface area contributed by atoms with Gasteiger partial charge >= 0.3 is 0 Å². The van der Waals surface area contributed by atoms with Gasteiger partial charge in [-0.3, -0.25) is 4.90 Å². The summed E-state index contributed by atoms with van der Waals surface area (Å²) < 4.78 is 0. The monoisotopic (exact) mass is 233 g/mol. The Morgan fingerprint density at radius 3 is 2.82 bits per heavy atom. The highest BCUT2D eigenvalue weighted by Crippen LogP contribution is 2.26. The normalized spacial score (nSPS) is 15.2. The van der Waals surface area contributed by atoms with E-state index in [-0.39, 0.29) is 0 Å². The molecule has 1 aromatic carbocycles. The van der Waals surface area contributed by atoms with Gasteiger partial charge in [0.05, 0.1) is 0 Å². The van der Waals surface area contributed by atoms with E-state index in [2.05, 4.69) is 30.1 Å². The van der Waals surface area contributed by atoms with Crippen molar-refractivity contribution in [2.24, 2.45) is 0 Å². The summed E-state index contributed by atoms with van der Waals surface area (Å²) in [7, 11) is 0. The highest BCUT2D eigenvalue weighted by atomic mass is 15.2. The van der Waals surface area contributed by atoms with E-state index in [4.69, 9.17) is 5.73 Å². The number of nitrogens with two attached hydrogens (primary N) is 1. The van der Waals surface area contributed by atoms with E-state index in [0.717, 1.165) is 37.1 Å². The van der Waals surface area contributed by atoms with Crippen molar-refractivity contribution in [3.8, 4) is 0 Å². The van der Waals surface area contributed by atoms with Crippen LogP contribution in [0.2, 0.25) is 0 Å². The van der Waals surface area contributed by atoms with E-state index in [1.165, 1.54) is 18.4 Å². The van der Waals surface area contributed by atoms with Gasteiger partial charge in [0.1, 0.15) is 0 Å². The molecule has 0 bridgehead atoms. The van der Waals surface area contributed by atoms with Gasteiger partial charge in [0.15, 0.2) is 0 Å². The molecule has 3 heteroatoms. The second kappa shape index (κ2) is 5.41. The molecule has 0 heterocycles. The molecular formula is C14H23N3. The fourth-order valence-corrected chi connectivity index (χ4v) is 2.20. The molecule has 17 heavy (non-hydrogen) atoms. The maximum atomic E-state index is 5.79. The van der Waals surface area contributed by atoms with Crippen LogP contribution in [0.4, 0.5) is 11.4 Å². The molecule has 0 saturated heterocycles. The van der Waals surface area contributed by atoms with Gasteiger partial charge in [0.25, 0.3) is 0 Å². The van der Waals surface area contributed by atoms with Crippen molar-refractivity contribution in [2.45, 2.75) is 32.7 Å². The van der Waals surface area contributed by atoms with Crippen molar-refractivity contribution < 1.29 is 0 Å². The Bertz CT molecular complexity index is 372. The number of aryl methyl sites for hydroxylation is 1. The SMILES string of the molecule is CCN(CCNc1cc(N)ccc1C)C1CC1. The fourth-order valence-electron chi connectivity index (χ4n) is 2.20. The third kappa shape index (κ3) is 3.37. The molecule has 3 nitrogen and oxygen atoms in total. The molecule has 0 atom stereocenters. The number of hydrogen-bond acceptors (Lipinski definition) is 3. The molecular weight excluding hydrogens is 210 g/mol. The summed E-state index contributed by atoms with van der Waals surface area (Å²) in [5, 5.41) is 3.48. The molecule has 1 aliphatic rings. The first-order chi connectivity index (χ1) is 8.20. The summed E-state index contributed by atoms with van der Waals surface area (Å²) in [6, 6.07) is 6.88. The number of likely N-dealkylation sites (N-methyl/N-ethyl adjacent to an activating group) is 1. The number of benzene rings is 1. The molecule has 94 valence electrons. The Labute approximate surface area is 104 Å². The lowest BCUT2D eigenvalue weighted by atomic mass is 10.2. The minimum atomic E-state index is 0.827. The smallest absolute Gasteiger partial charge is 0.0390 e. The number of anilines is 2. The summed E-state index contributed by atoms with van der Waals surface area (Å²) in [5.74, 6) is 0. The quantitative estimate of drug-likeness (QED) is 0.742. The average Bonchev–Trinajstić information content (AvgIpc) is 3.13. The Hall–Kier alpha value is -1.22. The van der Waals surface area contributed by atoms with Gasteiger partial charge in [0.2, 0.25) is 0 Å². The highest BCUT2D eigenvalue weighted by molar-refractivity contribution is 5.59. The van der Waals surface area contributed by atoms with Gasteiger partial charge in [0, 0.05) is 30.5 Å². The van der Waals surface area contributed by atoms with E-state index in [1.807, 2.05) is 12.1 Å². The lowest BCUT2D eigenvalue weighted by Crippen LogP contribution is -2.31. The first kappa shape index (κ1) is 12.2. The Morgan fingerprint density at radius 2 is 2.18 bits per heavy atom. The zero-order valence-corrected chi connectivity index (χ0v) is 10.9. The van der Waals surface area contributed by atoms with Crippen LogP contribution in [0.15, 0.2) is 18.2 Å². The van der Waals surface area contributed by atoms with Gasteiger partial charge in [-0.15, -0.1) is 0 Å². The molecule has 1 aliphatic carbocycles. The van der Waals surface area contributed by atoms with Gasteiger partial charge in [-0.05, 0) is 44.0 Å².